The van der Waals surface area contributed by atoms with E-state index in [1.807, 2.05) is 20.8 Å². The number of hydrogen-bond donors (Lipinski definition) is 0. The molecular weight excluding hydrogens is 200 g/mol. The molecule has 5 unspecified atom stereocenters. The molecule has 0 N–H and O–H groups in total. The molecule has 0 aromatic rings. The molecule has 0 spiro atoms. The second-order valence-electron chi connectivity index (χ2n) is 4.97. The van der Waals surface area contributed by atoms with Crippen LogP contribution in [0.25, 0.3) is 0 Å². The zero-order valence-electron chi connectivity index (χ0n) is 10.9. The number of rotatable bonds is 2. The zero-order chi connectivity index (χ0) is 12.5. The van der Waals surface area contributed by atoms with Gasteiger partial charge in [0.2, 0.25) is 0 Å². The number of likely N-dealkylation sites (tertiary alicyclic amines) is 1. The minimum atomic E-state index is -0.135. The molecule has 16 heavy (non-hydrogen) atoms. The van der Waals surface area contributed by atoms with E-state index in [-0.39, 0.29) is 23.8 Å². The molecule has 1 rings (SSSR count). The highest BCUT2D eigenvalue weighted by molar-refractivity contribution is 5.86. The number of carbonyl (C=O) groups is 1. The first-order chi connectivity index (χ1) is 7.45. The Morgan fingerprint density at radius 2 is 1.94 bits per heavy atom. The van der Waals surface area contributed by atoms with Crippen LogP contribution in [0.1, 0.15) is 41.0 Å². The van der Waals surface area contributed by atoms with E-state index in [2.05, 4.69) is 24.8 Å². The Morgan fingerprint density at radius 1 is 1.38 bits per heavy atom. The zero-order valence-corrected chi connectivity index (χ0v) is 10.9. The van der Waals surface area contributed by atoms with Gasteiger partial charge in [0.25, 0.3) is 0 Å². The lowest BCUT2D eigenvalue weighted by atomic mass is 9.78. The van der Waals surface area contributed by atoms with Gasteiger partial charge < -0.3 is 0 Å². The standard InChI is InChI=1S/C13H22N2O/c1-6-12(7-14)15-10(4)8(2)9(3)13(16)11(15)5/h8-12H,6H2,1-5H3. The van der Waals surface area contributed by atoms with E-state index in [1.54, 1.807) is 0 Å². The van der Waals surface area contributed by atoms with Crippen LogP contribution in [-0.4, -0.2) is 28.8 Å². The van der Waals surface area contributed by atoms with Gasteiger partial charge in [-0.2, -0.15) is 5.26 Å². The van der Waals surface area contributed by atoms with Gasteiger partial charge in [-0.1, -0.05) is 20.8 Å². The van der Waals surface area contributed by atoms with Crippen molar-refractivity contribution in [2.24, 2.45) is 11.8 Å². The highest BCUT2D eigenvalue weighted by Gasteiger charge is 2.42. The van der Waals surface area contributed by atoms with Crippen molar-refractivity contribution in [1.29, 1.82) is 5.26 Å². The van der Waals surface area contributed by atoms with Gasteiger partial charge in [0.1, 0.15) is 0 Å². The van der Waals surface area contributed by atoms with E-state index in [1.165, 1.54) is 0 Å². The summed E-state index contributed by atoms with van der Waals surface area (Å²) >= 11 is 0. The lowest BCUT2D eigenvalue weighted by Crippen LogP contribution is -2.59. The Hall–Kier alpha value is -0.880. The third-order valence-electron chi connectivity index (χ3n) is 4.22. The Balaban J connectivity index is 3.00. The number of piperidine rings is 1. The van der Waals surface area contributed by atoms with Crippen molar-refractivity contribution in [3.63, 3.8) is 0 Å². The molecule has 90 valence electrons. The summed E-state index contributed by atoms with van der Waals surface area (Å²) in [6.07, 6.45) is 0.777. The van der Waals surface area contributed by atoms with Gasteiger partial charge in [0.15, 0.2) is 5.78 Å². The van der Waals surface area contributed by atoms with Crippen molar-refractivity contribution < 1.29 is 4.79 Å². The molecule has 3 heteroatoms. The molecule has 1 heterocycles. The molecule has 0 amide bonds. The Labute approximate surface area is 98.4 Å². The first kappa shape index (κ1) is 13.2. The van der Waals surface area contributed by atoms with Crippen LogP contribution in [0.5, 0.6) is 0 Å². The van der Waals surface area contributed by atoms with Gasteiger partial charge in [-0.25, -0.2) is 0 Å². The lowest BCUT2D eigenvalue weighted by Gasteiger charge is -2.46. The predicted molar refractivity (Wildman–Crippen MR) is 63.8 cm³/mol. The summed E-state index contributed by atoms with van der Waals surface area (Å²) in [5.74, 6) is 0.711. The smallest absolute Gasteiger partial charge is 0.152 e. The van der Waals surface area contributed by atoms with Crippen molar-refractivity contribution in [3.8, 4) is 6.07 Å². The largest absolute Gasteiger partial charge is 0.298 e. The first-order valence-electron chi connectivity index (χ1n) is 6.16. The van der Waals surface area contributed by atoms with E-state index >= 15 is 0 Å². The third kappa shape index (κ3) is 1.99. The van der Waals surface area contributed by atoms with Crippen molar-refractivity contribution in [3.05, 3.63) is 0 Å². The molecule has 1 aliphatic rings. The van der Waals surface area contributed by atoms with Crippen LogP contribution >= 0.6 is 0 Å². The fourth-order valence-electron chi connectivity index (χ4n) is 2.75. The first-order valence-corrected chi connectivity index (χ1v) is 6.16. The molecule has 1 fully saturated rings. The van der Waals surface area contributed by atoms with Gasteiger partial charge in [0, 0.05) is 12.0 Å². The van der Waals surface area contributed by atoms with Gasteiger partial charge in [-0.05, 0) is 26.2 Å². The molecule has 0 saturated carbocycles. The van der Waals surface area contributed by atoms with Crippen molar-refractivity contribution >= 4 is 5.78 Å². The molecule has 3 nitrogen and oxygen atoms in total. The monoisotopic (exact) mass is 222 g/mol. The fourth-order valence-corrected chi connectivity index (χ4v) is 2.75. The second kappa shape index (κ2) is 4.97. The summed E-state index contributed by atoms with van der Waals surface area (Å²) in [4.78, 5) is 14.2. The minimum Gasteiger partial charge on any atom is -0.298 e. The van der Waals surface area contributed by atoms with Gasteiger partial charge in [0.05, 0.1) is 18.2 Å². The number of hydrogen-bond acceptors (Lipinski definition) is 3. The lowest BCUT2D eigenvalue weighted by molar-refractivity contribution is -0.137. The number of nitriles is 1. The van der Waals surface area contributed by atoms with Gasteiger partial charge in [-0.15, -0.1) is 0 Å². The molecule has 0 aliphatic carbocycles. The normalized spacial score (nSPS) is 38.1. The van der Waals surface area contributed by atoms with Crippen LogP contribution < -0.4 is 0 Å². The highest BCUT2D eigenvalue weighted by Crippen LogP contribution is 2.31. The number of ketones is 1. The summed E-state index contributed by atoms with van der Waals surface area (Å²) in [6, 6.07) is 2.36. The van der Waals surface area contributed by atoms with E-state index in [9.17, 15) is 4.79 Å². The summed E-state index contributed by atoms with van der Waals surface area (Å²) in [6.45, 7) is 10.2. The molecule has 1 saturated heterocycles. The predicted octanol–water partition coefficient (Wildman–Crippen LogP) is 2.22. The molecule has 0 aromatic carbocycles. The van der Waals surface area contributed by atoms with Crippen LogP contribution in [0, 0.1) is 23.2 Å². The van der Waals surface area contributed by atoms with Gasteiger partial charge in [-0.3, -0.25) is 9.69 Å². The van der Waals surface area contributed by atoms with Crippen LogP contribution in [0.3, 0.4) is 0 Å². The Bertz CT molecular complexity index is 308. The summed E-state index contributed by atoms with van der Waals surface area (Å²) in [7, 11) is 0. The van der Waals surface area contributed by atoms with Crippen molar-refractivity contribution in [2.75, 3.05) is 0 Å². The average molecular weight is 222 g/mol. The van der Waals surface area contributed by atoms with E-state index < -0.39 is 0 Å². The molecule has 5 atom stereocenters. The SMILES string of the molecule is CCC(C#N)N1C(C)C(=O)C(C)C(C)C1C. The summed E-state index contributed by atoms with van der Waals surface area (Å²) in [5.41, 5.74) is 0. The topological polar surface area (TPSA) is 44.1 Å². The maximum absolute atomic E-state index is 12.1. The van der Waals surface area contributed by atoms with Crippen molar-refractivity contribution in [2.45, 2.75) is 59.2 Å². The minimum absolute atomic E-state index is 0.109. The summed E-state index contributed by atoms with van der Waals surface area (Å²) in [5, 5.41) is 9.15. The van der Waals surface area contributed by atoms with Crippen molar-refractivity contribution in [1.82, 2.24) is 4.90 Å². The van der Waals surface area contributed by atoms with Crippen LogP contribution in [-0.2, 0) is 4.79 Å². The van der Waals surface area contributed by atoms with E-state index in [0.29, 0.717) is 12.0 Å². The highest BCUT2D eigenvalue weighted by atomic mass is 16.1. The van der Waals surface area contributed by atoms with Gasteiger partial charge >= 0.3 is 0 Å². The maximum atomic E-state index is 12.1. The molecular formula is C13H22N2O. The Morgan fingerprint density at radius 3 is 2.38 bits per heavy atom. The fraction of sp³-hybridized carbons (Fsp3) is 0.846. The Kier molecular flexibility index (Phi) is 4.09. The number of carbonyl (C=O) groups excluding carboxylic acids is 1. The number of nitrogens with zero attached hydrogens (tertiary/aromatic N) is 2. The average Bonchev–Trinajstić information content (AvgIpc) is 2.29. The summed E-state index contributed by atoms with van der Waals surface area (Å²) < 4.78 is 0. The van der Waals surface area contributed by atoms with Crippen LogP contribution in [0.4, 0.5) is 0 Å². The molecule has 1 aliphatic heterocycles. The maximum Gasteiger partial charge on any atom is 0.152 e. The second-order valence-corrected chi connectivity index (χ2v) is 4.97. The molecule has 0 bridgehead atoms. The van der Waals surface area contributed by atoms with Crippen LogP contribution in [0.2, 0.25) is 0 Å². The van der Waals surface area contributed by atoms with Crippen LogP contribution in [0.15, 0.2) is 0 Å². The quantitative estimate of drug-likeness (QED) is 0.719. The molecule has 0 radical (unpaired) electrons. The number of Topliss-reactive ketones (excluding diaryl/α,β-unsaturated/α-hetero) is 1. The molecule has 0 aromatic heterocycles. The third-order valence-corrected chi connectivity index (χ3v) is 4.22. The van der Waals surface area contributed by atoms with E-state index in [0.717, 1.165) is 6.42 Å². The van der Waals surface area contributed by atoms with E-state index in [4.69, 9.17) is 5.26 Å².